The number of halogens is 1. The Morgan fingerprint density at radius 3 is 2.82 bits per heavy atom. The number of rotatable bonds is 3. The van der Waals surface area contributed by atoms with Gasteiger partial charge in [-0.2, -0.15) is 0 Å². The van der Waals surface area contributed by atoms with E-state index in [1.807, 2.05) is 6.07 Å². The molecule has 0 saturated carbocycles. The summed E-state index contributed by atoms with van der Waals surface area (Å²) < 4.78 is 0.894. The summed E-state index contributed by atoms with van der Waals surface area (Å²) in [5.74, 6) is 0.714. The molecule has 2 rings (SSSR count). The molecule has 17 heavy (non-hydrogen) atoms. The van der Waals surface area contributed by atoms with Gasteiger partial charge in [0.15, 0.2) is 0 Å². The highest BCUT2D eigenvalue weighted by molar-refractivity contribution is 7.16. The first-order valence-corrected chi connectivity index (χ1v) is 7.47. The fraction of sp³-hybridized carbons (Fsp3) is 0.692. The zero-order valence-electron chi connectivity index (χ0n) is 10.7. The molecule has 3 unspecified atom stereocenters. The summed E-state index contributed by atoms with van der Waals surface area (Å²) in [5.41, 5.74) is 0. The molecule has 1 aliphatic heterocycles. The van der Waals surface area contributed by atoms with Gasteiger partial charge < -0.3 is 5.32 Å². The molecule has 0 amide bonds. The molecule has 0 spiro atoms. The van der Waals surface area contributed by atoms with Crippen molar-refractivity contribution in [1.29, 1.82) is 0 Å². The Morgan fingerprint density at radius 2 is 2.29 bits per heavy atom. The predicted octanol–water partition coefficient (Wildman–Crippen LogP) is 3.39. The maximum absolute atomic E-state index is 6.01. The zero-order chi connectivity index (χ0) is 12.4. The van der Waals surface area contributed by atoms with Gasteiger partial charge in [-0.25, -0.2) is 0 Å². The molecule has 1 aromatic heterocycles. The number of thiophene rings is 1. The van der Waals surface area contributed by atoms with Crippen LogP contribution in [-0.2, 0) is 0 Å². The lowest BCUT2D eigenvalue weighted by Gasteiger charge is -2.39. The summed E-state index contributed by atoms with van der Waals surface area (Å²) in [6, 6.07) is 5.33. The van der Waals surface area contributed by atoms with E-state index in [4.69, 9.17) is 11.6 Å². The van der Waals surface area contributed by atoms with Crippen LogP contribution in [0.2, 0.25) is 4.34 Å². The summed E-state index contributed by atoms with van der Waals surface area (Å²) in [5, 5.41) is 3.41. The number of nitrogens with one attached hydrogen (secondary N) is 1. The average molecular weight is 273 g/mol. The molecule has 4 heteroatoms. The van der Waals surface area contributed by atoms with E-state index in [2.05, 4.69) is 37.2 Å². The molecule has 1 aliphatic rings. The molecule has 0 aliphatic carbocycles. The monoisotopic (exact) mass is 272 g/mol. The van der Waals surface area contributed by atoms with Gasteiger partial charge in [0.1, 0.15) is 0 Å². The van der Waals surface area contributed by atoms with Crippen molar-refractivity contribution in [2.45, 2.75) is 32.4 Å². The van der Waals surface area contributed by atoms with Gasteiger partial charge >= 0.3 is 0 Å². The first-order chi connectivity index (χ1) is 8.11. The lowest BCUT2D eigenvalue weighted by atomic mass is 9.93. The van der Waals surface area contributed by atoms with Crippen molar-refractivity contribution in [3.05, 3.63) is 21.3 Å². The van der Waals surface area contributed by atoms with Crippen molar-refractivity contribution in [1.82, 2.24) is 10.2 Å². The van der Waals surface area contributed by atoms with E-state index >= 15 is 0 Å². The van der Waals surface area contributed by atoms with Crippen molar-refractivity contribution in [2.75, 3.05) is 20.1 Å². The van der Waals surface area contributed by atoms with Crippen LogP contribution in [0.25, 0.3) is 0 Å². The maximum Gasteiger partial charge on any atom is 0.0931 e. The molecule has 0 radical (unpaired) electrons. The van der Waals surface area contributed by atoms with E-state index in [0.717, 1.165) is 4.34 Å². The van der Waals surface area contributed by atoms with E-state index in [1.54, 1.807) is 11.3 Å². The second-order valence-corrected chi connectivity index (χ2v) is 6.72. The Hall–Kier alpha value is -0.0900. The standard InChI is InChI=1S/C13H21ClN2S/c1-9-8-16(7-6-11(9)15-3)10(2)12-4-5-13(14)17-12/h4-5,9-11,15H,6-8H2,1-3H3. The van der Waals surface area contributed by atoms with Gasteiger partial charge in [0.25, 0.3) is 0 Å². The molecule has 1 fully saturated rings. The van der Waals surface area contributed by atoms with Gasteiger partial charge in [0.2, 0.25) is 0 Å². The molecular formula is C13H21ClN2S. The highest BCUT2D eigenvalue weighted by atomic mass is 35.5. The van der Waals surface area contributed by atoms with Crippen molar-refractivity contribution in [3.63, 3.8) is 0 Å². The van der Waals surface area contributed by atoms with Crippen LogP contribution in [0.15, 0.2) is 12.1 Å². The first kappa shape index (κ1) is 13.3. The minimum Gasteiger partial charge on any atom is -0.317 e. The normalized spacial score (nSPS) is 28.2. The quantitative estimate of drug-likeness (QED) is 0.907. The Kier molecular flexibility index (Phi) is 4.47. The van der Waals surface area contributed by atoms with Crippen LogP contribution >= 0.6 is 22.9 Å². The topological polar surface area (TPSA) is 15.3 Å². The lowest BCUT2D eigenvalue weighted by Crippen LogP contribution is -2.47. The average Bonchev–Trinajstić information content (AvgIpc) is 2.75. The lowest BCUT2D eigenvalue weighted by molar-refractivity contribution is 0.115. The second kappa shape index (κ2) is 5.70. The number of nitrogens with zero attached hydrogens (tertiary/aromatic N) is 1. The van der Waals surface area contributed by atoms with Crippen LogP contribution in [0, 0.1) is 5.92 Å². The number of likely N-dealkylation sites (tertiary alicyclic amines) is 1. The van der Waals surface area contributed by atoms with E-state index in [0.29, 0.717) is 18.0 Å². The van der Waals surface area contributed by atoms with Gasteiger partial charge in [-0.3, -0.25) is 4.90 Å². The molecule has 2 nitrogen and oxygen atoms in total. The minimum atomic E-state index is 0.493. The smallest absolute Gasteiger partial charge is 0.0931 e. The minimum absolute atomic E-state index is 0.493. The Bertz CT molecular complexity index is 366. The van der Waals surface area contributed by atoms with E-state index in [9.17, 15) is 0 Å². The van der Waals surface area contributed by atoms with E-state index < -0.39 is 0 Å². The van der Waals surface area contributed by atoms with E-state index in [1.165, 1.54) is 24.4 Å². The van der Waals surface area contributed by atoms with Crippen LogP contribution < -0.4 is 5.32 Å². The second-order valence-electron chi connectivity index (χ2n) is 4.97. The van der Waals surface area contributed by atoms with Crippen molar-refractivity contribution < 1.29 is 0 Å². The van der Waals surface area contributed by atoms with Gasteiger partial charge in [0.05, 0.1) is 4.34 Å². The molecule has 1 aromatic rings. The highest BCUT2D eigenvalue weighted by Crippen LogP contribution is 2.32. The largest absolute Gasteiger partial charge is 0.317 e. The summed E-state index contributed by atoms with van der Waals surface area (Å²) >= 11 is 7.71. The molecule has 0 bridgehead atoms. The molecule has 0 aromatic carbocycles. The Balaban J connectivity index is 1.99. The highest BCUT2D eigenvalue weighted by Gasteiger charge is 2.28. The molecule has 2 heterocycles. The van der Waals surface area contributed by atoms with Crippen molar-refractivity contribution >= 4 is 22.9 Å². The van der Waals surface area contributed by atoms with Crippen molar-refractivity contribution in [2.24, 2.45) is 5.92 Å². The van der Waals surface area contributed by atoms with Crippen LogP contribution in [0.1, 0.15) is 31.2 Å². The summed E-state index contributed by atoms with van der Waals surface area (Å²) in [6.07, 6.45) is 1.24. The van der Waals surface area contributed by atoms with Crippen molar-refractivity contribution in [3.8, 4) is 0 Å². The molecular weight excluding hydrogens is 252 g/mol. The third kappa shape index (κ3) is 3.02. The fourth-order valence-electron chi connectivity index (χ4n) is 2.69. The van der Waals surface area contributed by atoms with Crippen LogP contribution in [0.3, 0.4) is 0 Å². The third-order valence-electron chi connectivity index (χ3n) is 3.86. The zero-order valence-corrected chi connectivity index (χ0v) is 12.3. The van der Waals surface area contributed by atoms with Gasteiger partial charge in [-0.15, -0.1) is 11.3 Å². The van der Waals surface area contributed by atoms with Crippen LogP contribution in [-0.4, -0.2) is 31.1 Å². The summed E-state index contributed by atoms with van der Waals surface area (Å²) in [6.45, 7) is 6.96. The maximum atomic E-state index is 6.01. The number of hydrogen-bond acceptors (Lipinski definition) is 3. The molecule has 96 valence electrons. The third-order valence-corrected chi connectivity index (χ3v) is 5.26. The molecule has 1 saturated heterocycles. The Labute approximate surface area is 113 Å². The van der Waals surface area contributed by atoms with Gasteiger partial charge in [-0.1, -0.05) is 18.5 Å². The number of hydrogen-bond donors (Lipinski definition) is 1. The summed E-state index contributed by atoms with van der Waals surface area (Å²) in [4.78, 5) is 3.95. The SMILES string of the molecule is CNC1CCN(C(C)c2ccc(Cl)s2)CC1C. The van der Waals surface area contributed by atoms with Crippen LogP contribution in [0.4, 0.5) is 0 Å². The fourth-order valence-corrected chi connectivity index (χ4v) is 3.84. The van der Waals surface area contributed by atoms with Gasteiger partial charge in [-0.05, 0) is 38.4 Å². The molecule has 3 atom stereocenters. The predicted molar refractivity (Wildman–Crippen MR) is 75.9 cm³/mol. The van der Waals surface area contributed by atoms with Gasteiger partial charge in [0, 0.05) is 30.1 Å². The van der Waals surface area contributed by atoms with Crippen LogP contribution in [0.5, 0.6) is 0 Å². The first-order valence-electron chi connectivity index (χ1n) is 6.28. The molecule has 1 N–H and O–H groups in total. The Morgan fingerprint density at radius 1 is 1.53 bits per heavy atom. The summed E-state index contributed by atoms with van der Waals surface area (Å²) in [7, 11) is 2.07. The van der Waals surface area contributed by atoms with E-state index in [-0.39, 0.29) is 0 Å². The number of piperidine rings is 1.